The number of nitro groups is 1. The monoisotopic (exact) mass is 480 g/mol. The molecule has 1 fully saturated rings. The molecule has 0 saturated carbocycles. The Morgan fingerprint density at radius 3 is 2.71 bits per heavy atom. The molecule has 1 saturated heterocycles. The Labute approximate surface area is 199 Å². The Morgan fingerprint density at radius 2 is 1.97 bits per heavy atom. The summed E-state index contributed by atoms with van der Waals surface area (Å²) in [6.07, 6.45) is 1.47. The predicted octanol–water partition coefficient (Wildman–Crippen LogP) is 5.29. The first kappa shape index (κ1) is 23.1. The highest BCUT2D eigenvalue weighted by Gasteiger charge is 2.35. The molecule has 0 spiro atoms. The average molecular weight is 480 g/mol. The normalized spacial score (nSPS) is 14.6. The van der Waals surface area contributed by atoms with Gasteiger partial charge >= 0.3 is 0 Å². The van der Waals surface area contributed by atoms with Gasteiger partial charge in [-0.15, -0.1) is 0 Å². The van der Waals surface area contributed by atoms with E-state index in [0.717, 1.165) is 22.2 Å². The van der Waals surface area contributed by atoms with Crippen LogP contribution < -0.4 is 9.47 Å². The molecule has 2 heterocycles. The first-order valence-electron chi connectivity index (χ1n) is 10.2. The van der Waals surface area contributed by atoms with Crippen molar-refractivity contribution in [2.75, 3.05) is 20.3 Å². The maximum absolute atomic E-state index is 12.7. The van der Waals surface area contributed by atoms with E-state index in [9.17, 15) is 19.7 Å². The smallest absolute Gasteiger partial charge is 0.293 e. The molecule has 1 aromatic heterocycles. The summed E-state index contributed by atoms with van der Waals surface area (Å²) >= 11 is 0.813. The number of imide groups is 1. The highest BCUT2D eigenvalue weighted by Crippen LogP contribution is 2.36. The lowest BCUT2D eigenvalue weighted by molar-refractivity contribution is -0.384. The molecular formula is C24H20N2O7S. The maximum atomic E-state index is 12.7. The van der Waals surface area contributed by atoms with E-state index in [4.69, 9.17) is 13.9 Å². The van der Waals surface area contributed by atoms with Gasteiger partial charge in [0.05, 0.1) is 29.0 Å². The second-order valence-electron chi connectivity index (χ2n) is 7.34. The maximum Gasteiger partial charge on any atom is 0.293 e. The van der Waals surface area contributed by atoms with Crippen LogP contribution in [0.4, 0.5) is 10.5 Å². The number of aryl methyl sites for hydroxylation is 1. The molecule has 3 aromatic rings. The van der Waals surface area contributed by atoms with Crippen molar-refractivity contribution in [2.45, 2.75) is 6.92 Å². The van der Waals surface area contributed by atoms with Crippen LogP contribution in [-0.4, -0.2) is 41.2 Å². The van der Waals surface area contributed by atoms with Crippen LogP contribution >= 0.6 is 11.8 Å². The van der Waals surface area contributed by atoms with Gasteiger partial charge in [-0.3, -0.25) is 24.6 Å². The third-order valence-corrected chi connectivity index (χ3v) is 5.91. The standard InChI is InChI=1S/C24H20N2O7S/c1-15-4-3-5-17(12-15)32-11-10-25-23(27)22(34-24(25)28)14-18-7-9-21(33-18)19-13-16(26(29)30)6-8-20(19)31-2/h3-9,12-14H,10-11H2,1-2H3/b22-14-. The lowest BCUT2D eigenvalue weighted by Crippen LogP contribution is -2.32. The van der Waals surface area contributed by atoms with E-state index in [0.29, 0.717) is 28.6 Å². The molecule has 0 aliphatic carbocycles. The second kappa shape index (κ2) is 9.84. The Morgan fingerprint density at radius 1 is 1.15 bits per heavy atom. The van der Waals surface area contributed by atoms with Crippen molar-refractivity contribution in [1.29, 1.82) is 0 Å². The summed E-state index contributed by atoms with van der Waals surface area (Å²) in [4.78, 5) is 37.0. The number of hydrogen-bond acceptors (Lipinski definition) is 8. The Hall–Kier alpha value is -4.05. The number of amides is 2. The zero-order chi connectivity index (χ0) is 24.2. The Bertz CT molecular complexity index is 1300. The molecule has 9 nitrogen and oxygen atoms in total. The highest BCUT2D eigenvalue weighted by molar-refractivity contribution is 8.18. The fourth-order valence-electron chi connectivity index (χ4n) is 3.36. The number of furan rings is 1. The molecular weight excluding hydrogens is 460 g/mol. The molecule has 1 aliphatic heterocycles. The van der Waals surface area contributed by atoms with Gasteiger partial charge in [-0.05, 0) is 54.6 Å². The zero-order valence-electron chi connectivity index (χ0n) is 18.3. The van der Waals surface area contributed by atoms with Crippen LogP contribution in [-0.2, 0) is 4.79 Å². The summed E-state index contributed by atoms with van der Waals surface area (Å²) in [6.45, 7) is 2.24. The molecule has 34 heavy (non-hydrogen) atoms. The summed E-state index contributed by atoms with van der Waals surface area (Å²) in [5.41, 5.74) is 1.34. The number of carbonyl (C=O) groups excluding carboxylic acids is 2. The zero-order valence-corrected chi connectivity index (χ0v) is 19.2. The van der Waals surface area contributed by atoms with Crippen molar-refractivity contribution < 1.29 is 28.4 Å². The average Bonchev–Trinajstić information content (AvgIpc) is 3.38. The van der Waals surface area contributed by atoms with Crippen LogP contribution in [0.15, 0.2) is 63.9 Å². The fourth-order valence-corrected chi connectivity index (χ4v) is 4.20. The van der Waals surface area contributed by atoms with Gasteiger partial charge in [-0.25, -0.2) is 0 Å². The predicted molar refractivity (Wildman–Crippen MR) is 127 cm³/mol. The van der Waals surface area contributed by atoms with E-state index in [-0.39, 0.29) is 23.7 Å². The summed E-state index contributed by atoms with van der Waals surface area (Å²) in [5, 5.41) is 10.7. The quantitative estimate of drug-likeness (QED) is 0.243. The van der Waals surface area contributed by atoms with Crippen LogP contribution in [0.1, 0.15) is 11.3 Å². The molecule has 174 valence electrons. The van der Waals surface area contributed by atoms with Crippen LogP contribution in [0.3, 0.4) is 0 Å². The molecule has 0 atom stereocenters. The summed E-state index contributed by atoms with van der Waals surface area (Å²) in [6, 6.07) is 14.9. The van der Waals surface area contributed by atoms with Crippen molar-refractivity contribution >= 4 is 34.7 Å². The van der Waals surface area contributed by atoms with E-state index in [1.165, 1.54) is 31.4 Å². The third-order valence-electron chi connectivity index (χ3n) is 5.01. The molecule has 0 N–H and O–H groups in total. The molecule has 10 heteroatoms. The lowest BCUT2D eigenvalue weighted by Gasteiger charge is -2.13. The Balaban J connectivity index is 1.47. The van der Waals surface area contributed by atoms with E-state index in [2.05, 4.69) is 0 Å². The summed E-state index contributed by atoms with van der Waals surface area (Å²) in [5.74, 6) is 1.29. The van der Waals surface area contributed by atoms with Crippen molar-refractivity contribution in [1.82, 2.24) is 4.90 Å². The number of carbonyl (C=O) groups is 2. The van der Waals surface area contributed by atoms with Crippen molar-refractivity contribution in [3.63, 3.8) is 0 Å². The minimum Gasteiger partial charge on any atom is -0.496 e. The van der Waals surface area contributed by atoms with E-state index in [1.54, 1.807) is 12.1 Å². The number of nitro benzene ring substituents is 1. The lowest BCUT2D eigenvalue weighted by atomic mass is 10.1. The first-order valence-corrected chi connectivity index (χ1v) is 11.0. The largest absolute Gasteiger partial charge is 0.496 e. The van der Waals surface area contributed by atoms with Crippen LogP contribution in [0.25, 0.3) is 17.4 Å². The molecule has 0 unspecified atom stereocenters. The Kier molecular flexibility index (Phi) is 6.69. The van der Waals surface area contributed by atoms with Gasteiger partial charge in [-0.1, -0.05) is 12.1 Å². The number of benzene rings is 2. The van der Waals surface area contributed by atoms with Crippen LogP contribution in [0.2, 0.25) is 0 Å². The number of hydrogen-bond donors (Lipinski definition) is 0. The van der Waals surface area contributed by atoms with E-state index in [1.807, 2.05) is 31.2 Å². The number of rotatable bonds is 8. The topological polar surface area (TPSA) is 112 Å². The van der Waals surface area contributed by atoms with Gasteiger partial charge < -0.3 is 13.9 Å². The number of non-ortho nitro benzene ring substituents is 1. The van der Waals surface area contributed by atoms with Crippen LogP contribution in [0, 0.1) is 17.0 Å². The van der Waals surface area contributed by atoms with Gasteiger partial charge in [-0.2, -0.15) is 0 Å². The number of methoxy groups -OCH3 is 1. The van der Waals surface area contributed by atoms with E-state index < -0.39 is 16.1 Å². The SMILES string of the molecule is COc1ccc([N+](=O)[O-])cc1-c1ccc(/C=C2\SC(=O)N(CCOc3cccc(C)c3)C2=O)o1. The molecule has 4 rings (SSSR count). The van der Waals surface area contributed by atoms with E-state index >= 15 is 0 Å². The molecule has 2 amide bonds. The van der Waals surface area contributed by atoms with Gasteiger partial charge in [0.1, 0.15) is 29.6 Å². The third kappa shape index (κ3) is 4.96. The minimum absolute atomic E-state index is 0.109. The molecule has 0 bridgehead atoms. The van der Waals surface area contributed by atoms with Gasteiger partial charge in [0.25, 0.3) is 16.8 Å². The number of thioether (sulfide) groups is 1. The number of nitrogens with zero attached hydrogens (tertiary/aromatic N) is 2. The van der Waals surface area contributed by atoms with Crippen molar-refractivity contribution in [2.24, 2.45) is 0 Å². The van der Waals surface area contributed by atoms with Gasteiger partial charge in [0, 0.05) is 18.2 Å². The van der Waals surface area contributed by atoms with Crippen molar-refractivity contribution in [3.8, 4) is 22.8 Å². The summed E-state index contributed by atoms with van der Waals surface area (Å²) in [7, 11) is 1.45. The minimum atomic E-state index is -0.508. The molecule has 2 aromatic carbocycles. The molecule has 0 radical (unpaired) electrons. The van der Waals surface area contributed by atoms with Gasteiger partial charge in [0.2, 0.25) is 0 Å². The fraction of sp³-hybridized carbons (Fsp3) is 0.167. The molecule has 1 aliphatic rings. The first-order chi connectivity index (χ1) is 16.4. The highest BCUT2D eigenvalue weighted by atomic mass is 32.2. The van der Waals surface area contributed by atoms with Crippen LogP contribution in [0.5, 0.6) is 11.5 Å². The number of ether oxygens (including phenoxy) is 2. The summed E-state index contributed by atoms with van der Waals surface area (Å²) < 4.78 is 16.7. The van der Waals surface area contributed by atoms with Gasteiger partial charge in [0.15, 0.2) is 0 Å². The van der Waals surface area contributed by atoms with Crippen molar-refractivity contribution in [3.05, 3.63) is 80.9 Å². The second-order valence-corrected chi connectivity index (χ2v) is 8.34.